The second-order valence-corrected chi connectivity index (χ2v) is 7.72. The van der Waals surface area contributed by atoms with Crippen LogP contribution in [-0.4, -0.2) is 15.5 Å². The molecule has 2 heterocycles. The molecule has 0 aliphatic carbocycles. The molecular weight excluding hydrogens is 398 g/mol. The maximum absolute atomic E-state index is 13.4. The molecule has 0 unspecified atom stereocenters. The molecule has 0 saturated heterocycles. The number of thiophene rings is 1. The molecule has 0 fully saturated rings. The van der Waals surface area contributed by atoms with Crippen molar-refractivity contribution in [3.63, 3.8) is 0 Å². The van der Waals surface area contributed by atoms with E-state index in [1.54, 1.807) is 4.90 Å². The van der Waals surface area contributed by atoms with Crippen LogP contribution < -0.4 is 16.1 Å². The van der Waals surface area contributed by atoms with Gasteiger partial charge in [-0.2, -0.15) is 0 Å². The third-order valence-corrected chi connectivity index (χ3v) is 5.54. The van der Waals surface area contributed by atoms with Gasteiger partial charge < -0.3 is 9.88 Å². The van der Waals surface area contributed by atoms with Crippen LogP contribution >= 0.6 is 11.3 Å². The Kier molecular flexibility index (Phi) is 5.72. The molecule has 4 rings (SSSR count). The van der Waals surface area contributed by atoms with Crippen LogP contribution in [-0.2, 0) is 13.1 Å². The lowest BCUT2D eigenvalue weighted by Gasteiger charge is -2.23. The van der Waals surface area contributed by atoms with Gasteiger partial charge in [0.05, 0.1) is 13.1 Å². The van der Waals surface area contributed by atoms with E-state index in [0.717, 1.165) is 15.0 Å². The van der Waals surface area contributed by atoms with Gasteiger partial charge in [-0.1, -0.05) is 54.6 Å². The van der Waals surface area contributed by atoms with Crippen LogP contribution in [0.1, 0.15) is 20.8 Å². The summed E-state index contributed by atoms with van der Waals surface area (Å²) in [6, 6.07) is 22.4. The van der Waals surface area contributed by atoms with E-state index in [1.807, 2.05) is 78.2 Å². The fourth-order valence-corrected chi connectivity index (χ4v) is 3.86. The van der Waals surface area contributed by atoms with Gasteiger partial charge >= 0.3 is 5.69 Å². The summed E-state index contributed by atoms with van der Waals surface area (Å²) in [5.41, 5.74) is 0.371. The van der Waals surface area contributed by atoms with Crippen LogP contribution in [0.25, 0.3) is 0 Å². The van der Waals surface area contributed by atoms with E-state index in [1.165, 1.54) is 17.5 Å². The monoisotopic (exact) mass is 417 g/mol. The maximum atomic E-state index is 13.4. The van der Waals surface area contributed by atoms with E-state index in [4.69, 9.17) is 0 Å². The number of aromatic nitrogens is 2. The van der Waals surface area contributed by atoms with Crippen molar-refractivity contribution < 1.29 is 4.79 Å². The summed E-state index contributed by atoms with van der Waals surface area (Å²) in [6.07, 6.45) is 1.21. The summed E-state index contributed by atoms with van der Waals surface area (Å²) in [5, 5.41) is 1.88. The van der Waals surface area contributed by atoms with E-state index in [2.05, 4.69) is 4.98 Å². The lowest BCUT2D eigenvalue weighted by molar-refractivity contribution is 0.0982. The van der Waals surface area contributed by atoms with Crippen LogP contribution in [0.3, 0.4) is 0 Å². The Labute approximate surface area is 176 Å². The van der Waals surface area contributed by atoms with Gasteiger partial charge in [0.1, 0.15) is 5.56 Å². The van der Waals surface area contributed by atoms with Crippen molar-refractivity contribution in [3.05, 3.63) is 121 Å². The SMILES string of the molecule is O=C(c1c[nH]c(=O)n(Cc2cccs2)c1=O)N(Cc1ccccc1)c1ccccc1. The average Bonchev–Trinajstić information content (AvgIpc) is 3.29. The molecule has 1 amide bonds. The van der Waals surface area contributed by atoms with Crippen molar-refractivity contribution in [2.45, 2.75) is 13.1 Å². The number of benzene rings is 2. The molecule has 0 aliphatic heterocycles. The van der Waals surface area contributed by atoms with Crippen LogP contribution in [0, 0.1) is 0 Å². The number of para-hydroxylation sites is 1. The smallest absolute Gasteiger partial charge is 0.313 e. The second-order valence-electron chi connectivity index (χ2n) is 6.69. The van der Waals surface area contributed by atoms with E-state index in [-0.39, 0.29) is 12.1 Å². The zero-order valence-corrected chi connectivity index (χ0v) is 16.8. The van der Waals surface area contributed by atoms with Crippen molar-refractivity contribution in [1.82, 2.24) is 9.55 Å². The van der Waals surface area contributed by atoms with Gasteiger partial charge in [0, 0.05) is 16.8 Å². The van der Waals surface area contributed by atoms with E-state index in [9.17, 15) is 14.4 Å². The van der Waals surface area contributed by atoms with Gasteiger partial charge in [0.15, 0.2) is 0 Å². The highest BCUT2D eigenvalue weighted by Gasteiger charge is 2.23. The van der Waals surface area contributed by atoms with Gasteiger partial charge in [-0.15, -0.1) is 11.3 Å². The molecule has 0 saturated carbocycles. The van der Waals surface area contributed by atoms with Crippen molar-refractivity contribution >= 4 is 22.9 Å². The largest absolute Gasteiger partial charge is 0.328 e. The molecule has 2 aromatic carbocycles. The van der Waals surface area contributed by atoms with Crippen molar-refractivity contribution in [2.75, 3.05) is 4.90 Å². The van der Waals surface area contributed by atoms with Gasteiger partial charge in [0.25, 0.3) is 11.5 Å². The first kappa shape index (κ1) is 19.6. The standard InChI is InChI=1S/C23H19N3O3S/c27-21(20-14-24-23(29)26(22(20)28)16-19-12-7-13-30-19)25(18-10-5-2-6-11-18)15-17-8-3-1-4-9-17/h1-14H,15-16H2,(H,24,29). The zero-order valence-electron chi connectivity index (χ0n) is 16.0. The molecular formula is C23H19N3O3S. The van der Waals surface area contributed by atoms with Crippen LogP contribution in [0.15, 0.2) is 94.0 Å². The topological polar surface area (TPSA) is 75.2 Å². The van der Waals surface area contributed by atoms with Crippen molar-refractivity contribution in [1.29, 1.82) is 0 Å². The number of nitrogens with zero attached hydrogens (tertiary/aromatic N) is 2. The molecule has 6 nitrogen and oxygen atoms in total. The molecule has 150 valence electrons. The first-order valence-corrected chi connectivity index (χ1v) is 10.3. The number of amides is 1. The summed E-state index contributed by atoms with van der Waals surface area (Å²) in [4.78, 5) is 43.7. The lowest BCUT2D eigenvalue weighted by Crippen LogP contribution is -2.42. The van der Waals surface area contributed by atoms with Crippen LogP contribution in [0.2, 0.25) is 0 Å². The summed E-state index contributed by atoms with van der Waals surface area (Å²) >= 11 is 1.45. The summed E-state index contributed by atoms with van der Waals surface area (Å²) < 4.78 is 1.06. The average molecular weight is 417 g/mol. The molecule has 2 aromatic heterocycles. The maximum Gasteiger partial charge on any atom is 0.328 e. The molecule has 1 N–H and O–H groups in total. The quantitative estimate of drug-likeness (QED) is 0.522. The molecule has 30 heavy (non-hydrogen) atoms. The lowest BCUT2D eigenvalue weighted by atomic mass is 10.1. The second kappa shape index (κ2) is 8.75. The Morgan fingerprint density at radius 1 is 0.933 bits per heavy atom. The number of carbonyl (C=O) groups excluding carboxylic acids is 1. The minimum Gasteiger partial charge on any atom is -0.313 e. The molecule has 0 bridgehead atoms. The fourth-order valence-electron chi connectivity index (χ4n) is 3.17. The predicted octanol–water partition coefficient (Wildman–Crippen LogP) is 3.49. The van der Waals surface area contributed by atoms with E-state index in [0.29, 0.717) is 12.2 Å². The highest BCUT2D eigenvalue weighted by Crippen LogP contribution is 2.19. The molecule has 0 atom stereocenters. The third kappa shape index (κ3) is 4.16. The highest BCUT2D eigenvalue weighted by molar-refractivity contribution is 7.09. The van der Waals surface area contributed by atoms with Crippen molar-refractivity contribution in [2.24, 2.45) is 0 Å². The molecule has 0 radical (unpaired) electrons. The number of carbonyl (C=O) groups is 1. The fraction of sp³-hybridized carbons (Fsp3) is 0.0870. The number of hydrogen-bond donors (Lipinski definition) is 1. The first-order valence-electron chi connectivity index (χ1n) is 9.39. The molecule has 4 aromatic rings. The number of aromatic amines is 1. The number of anilines is 1. The third-order valence-electron chi connectivity index (χ3n) is 4.68. The summed E-state index contributed by atoms with van der Waals surface area (Å²) in [7, 11) is 0. The van der Waals surface area contributed by atoms with Gasteiger partial charge in [-0.25, -0.2) is 4.79 Å². The molecule has 0 spiro atoms. The Morgan fingerprint density at radius 2 is 1.63 bits per heavy atom. The number of H-pyrrole nitrogens is 1. The Hall–Kier alpha value is -3.71. The Bertz CT molecular complexity index is 1250. The number of hydrogen-bond acceptors (Lipinski definition) is 4. The Morgan fingerprint density at radius 3 is 2.30 bits per heavy atom. The minimum atomic E-state index is -0.605. The number of rotatable bonds is 6. The summed E-state index contributed by atoms with van der Waals surface area (Å²) in [6.45, 7) is 0.421. The van der Waals surface area contributed by atoms with Gasteiger partial charge in [-0.05, 0) is 29.1 Å². The normalized spacial score (nSPS) is 10.7. The van der Waals surface area contributed by atoms with Gasteiger partial charge in [-0.3, -0.25) is 14.2 Å². The number of nitrogens with one attached hydrogen (secondary N) is 1. The van der Waals surface area contributed by atoms with Crippen LogP contribution in [0.5, 0.6) is 0 Å². The summed E-state index contributed by atoms with van der Waals surface area (Å²) in [5.74, 6) is -0.466. The molecule has 0 aliphatic rings. The van der Waals surface area contributed by atoms with E-state index >= 15 is 0 Å². The molecule has 7 heteroatoms. The van der Waals surface area contributed by atoms with Gasteiger partial charge in [0.2, 0.25) is 0 Å². The van der Waals surface area contributed by atoms with Crippen molar-refractivity contribution in [3.8, 4) is 0 Å². The van der Waals surface area contributed by atoms with E-state index < -0.39 is 17.2 Å². The highest BCUT2D eigenvalue weighted by atomic mass is 32.1. The first-order chi connectivity index (χ1) is 14.6. The Balaban J connectivity index is 1.74. The predicted molar refractivity (Wildman–Crippen MR) is 118 cm³/mol. The van der Waals surface area contributed by atoms with Crippen LogP contribution in [0.4, 0.5) is 5.69 Å². The zero-order chi connectivity index (χ0) is 20.9. The minimum absolute atomic E-state index is 0.0778.